The van der Waals surface area contributed by atoms with Gasteiger partial charge in [0.05, 0.1) is 22.9 Å². The van der Waals surface area contributed by atoms with E-state index in [2.05, 4.69) is 5.32 Å². The molecule has 0 unspecified atom stereocenters. The van der Waals surface area contributed by atoms with E-state index in [1.165, 1.54) is 0 Å². The topological polar surface area (TPSA) is 78.9 Å². The molecule has 0 spiro atoms. The van der Waals surface area contributed by atoms with Crippen molar-refractivity contribution in [1.29, 1.82) is 5.26 Å². The maximum atomic E-state index is 12.5. The van der Waals surface area contributed by atoms with Gasteiger partial charge >= 0.3 is 6.18 Å². The zero-order valence-electron chi connectivity index (χ0n) is 10.8. The van der Waals surface area contributed by atoms with Crippen molar-refractivity contribution in [3.63, 3.8) is 0 Å². The number of nitriles is 1. The summed E-state index contributed by atoms with van der Waals surface area (Å²) in [6.45, 7) is 1.85. The molecule has 1 aromatic carbocycles. The Morgan fingerprint density at radius 3 is 2.65 bits per heavy atom. The van der Waals surface area contributed by atoms with Crippen LogP contribution in [0.25, 0.3) is 0 Å². The van der Waals surface area contributed by atoms with Crippen LogP contribution in [0.3, 0.4) is 0 Å². The molecule has 7 heteroatoms. The smallest absolute Gasteiger partial charge is 0.324 e. The molecular formula is C13H14F3N3O. The number of nitrogens with one attached hydrogen (secondary N) is 1. The first kappa shape index (κ1) is 16.0. The zero-order chi connectivity index (χ0) is 15.3. The lowest BCUT2D eigenvalue weighted by molar-refractivity contribution is -0.137. The molecule has 3 N–H and O–H groups in total. The second-order valence-electron chi connectivity index (χ2n) is 4.25. The third-order valence-electron chi connectivity index (χ3n) is 2.66. The van der Waals surface area contributed by atoms with E-state index in [1.54, 1.807) is 6.07 Å². The summed E-state index contributed by atoms with van der Waals surface area (Å²) < 4.78 is 37.5. The Morgan fingerprint density at radius 1 is 1.50 bits per heavy atom. The molecule has 0 saturated heterocycles. The Bertz CT molecular complexity index is 535. The molecule has 1 aromatic rings. The largest absolute Gasteiger partial charge is 0.416 e. The van der Waals surface area contributed by atoms with Gasteiger partial charge in [-0.25, -0.2) is 0 Å². The number of carbonyl (C=O) groups excluding carboxylic acids is 1. The molecule has 0 aliphatic rings. The number of rotatable bonds is 4. The van der Waals surface area contributed by atoms with Crippen LogP contribution >= 0.6 is 0 Å². The number of carbonyl (C=O) groups is 1. The maximum absolute atomic E-state index is 12.5. The highest BCUT2D eigenvalue weighted by atomic mass is 19.4. The number of hydrogen-bond acceptors (Lipinski definition) is 3. The van der Waals surface area contributed by atoms with Crippen LogP contribution in [0.5, 0.6) is 0 Å². The summed E-state index contributed by atoms with van der Waals surface area (Å²) >= 11 is 0. The van der Waals surface area contributed by atoms with E-state index >= 15 is 0 Å². The molecule has 0 aliphatic heterocycles. The summed E-state index contributed by atoms with van der Waals surface area (Å²) in [6.07, 6.45) is -3.38. The number of anilines is 1. The first-order valence-electron chi connectivity index (χ1n) is 5.97. The minimum atomic E-state index is -4.53. The Balaban J connectivity index is 2.98. The molecule has 20 heavy (non-hydrogen) atoms. The van der Waals surface area contributed by atoms with E-state index in [1.807, 2.05) is 6.92 Å². The van der Waals surface area contributed by atoms with Crippen molar-refractivity contribution < 1.29 is 18.0 Å². The number of hydrogen-bond donors (Lipinski definition) is 2. The van der Waals surface area contributed by atoms with Crippen LogP contribution in [0, 0.1) is 11.3 Å². The van der Waals surface area contributed by atoms with Gasteiger partial charge in [0.2, 0.25) is 5.91 Å². The lowest BCUT2D eigenvalue weighted by Crippen LogP contribution is -2.35. The Labute approximate surface area is 114 Å². The SMILES string of the molecule is CCC[C@@H](N)C(=O)Nc1ccc(C(F)(F)F)cc1C#N. The minimum absolute atomic E-state index is 0.0250. The van der Waals surface area contributed by atoms with Gasteiger partial charge in [-0.2, -0.15) is 18.4 Å². The standard InChI is InChI=1S/C13H14F3N3O/c1-2-3-10(18)12(20)19-11-5-4-9(13(14,15)16)6-8(11)7-17/h4-6,10H,2-3,18H2,1H3,(H,19,20)/t10-/m1/s1. The van der Waals surface area contributed by atoms with Gasteiger partial charge in [0.15, 0.2) is 0 Å². The lowest BCUT2D eigenvalue weighted by Gasteiger charge is -2.13. The van der Waals surface area contributed by atoms with Crippen molar-refractivity contribution in [2.75, 3.05) is 5.32 Å². The quantitative estimate of drug-likeness (QED) is 0.892. The van der Waals surface area contributed by atoms with E-state index in [9.17, 15) is 18.0 Å². The van der Waals surface area contributed by atoms with Gasteiger partial charge in [0, 0.05) is 0 Å². The van der Waals surface area contributed by atoms with Crippen molar-refractivity contribution in [3.8, 4) is 6.07 Å². The molecule has 0 aromatic heterocycles. The summed E-state index contributed by atoms with van der Waals surface area (Å²) in [4.78, 5) is 11.7. The van der Waals surface area contributed by atoms with E-state index in [0.29, 0.717) is 18.9 Å². The summed E-state index contributed by atoms with van der Waals surface area (Å²) in [6, 6.07) is 3.43. The average molecular weight is 285 g/mol. The number of nitrogens with two attached hydrogens (primary N) is 1. The Kier molecular flexibility index (Phi) is 5.11. The van der Waals surface area contributed by atoms with Gasteiger partial charge in [-0.1, -0.05) is 13.3 Å². The highest BCUT2D eigenvalue weighted by molar-refractivity contribution is 5.95. The highest BCUT2D eigenvalue weighted by Gasteiger charge is 2.31. The van der Waals surface area contributed by atoms with Crippen LogP contribution < -0.4 is 11.1 Å². The molecule has 0 saturated carbocycles. The third kappa shape index (κ3) is 3.96. The summed E-state index contributed by atoms with van der Waals surface area (Å²) in [7, 11) is 0. The lowest BCUT2D eigenvalue weighted by atomic mass is 10.1. The van der Waals surface area contributed by atoms with Crippen molar-refractivity contribution in [2.45, 2.75) is 32.0 Å². The molecule has 1 amide bonds. The van der Waals surface area contributed by atoms with Crippen molar-refractivity contribution in [1.82, 2.24) is 0 Å². The van der Waals surface area contributed by atoms with Crippen molar-refractivity contribution in [3.05, 3.63) is 29.3 Å². The van der Waals surface area contributed by atoms with E-state index in [0.717, 1.165) is 12.1 Å². The van der Waals surface area contributed by atoms with Crippen molar-refractivity contribution in [2.24, 2.45) is 5.73 Å². The molecular weight excluding hydrogens is 271 g/mol. The van der Waals surface area contributed by atoms with Gasteiger partial charge in [-0.3, -0.25) is 4.79 Å². The highest BCUT2D eigenvalue weighted by Crippen LogP contribution is 2.31. The number of amides is 1. The van der Waals surface area contributed by atoms with Gasteiger partial charge < -0.3 is 11.1 Å². The van der Waals surface area contributed by atoms with Gasteiger partial charge in [0.1, 0.15) is 6.07 Å². The van der Waals surface area contributed by atoms with Crippen molar-refractivity contribution >= 4 is 11.6 Å². The van der Waals surface area contributed by atoms with Gasteiger partial charge in [0.25, 0.3) is 0 Å². The maximum Gasteiger partial charge on any atom is 0.416 e. The van der Waals surface area contributed by atoms with Crippen LogP contribution in [0.15, 0.2) is 18.2 Å². The molecule has 0 heterocycles. The van der Waals surface area contributed by atoms with Gasteiger partial charge in [-0.15, -0.1) is 0 Å². The summed E-state index contributed by atoms with van der Waals surface area (Å²) in [5.74, 6) is -0.525. The van der Waals surface area contributed by atoms with Crippen LogP contribution in [-0.4, -0.2) is 11.9 Å². The first-order valence-corrected chi connectivity index (χ1v) is 5.97. The monoisotopic (exact) mass is 285 g/mol. The summed E-state index contributed by atoms with van der Waals surface area (Å²) in [5.41, 5.74) is 4.42. The fourth-order valence-corrected chi connectivity index (χ4v) is 1.59. The van der Waals surface area contributed by atoms with Crippen LogP contribution in [0.2, 0.25) is 0 Å². The molecule has 4 nitrogen and oxygen atoms in total. The molecule has 0 aliphatic carbocycles. The second kappa shape index (κ2) is 6.39. The fraction of sp³-hybridized carbons (Fsp3) is 0.385. The molecule has 0 radical (unpaired) electrons. The van der Waals surface area contributed by atoms with Crippen LogP contribution in [-0.2, 0) is 11.0 Å². The minimum Gasteiger partial charge on any atom is -0.324 e. The molecule has 1 rings (SSSR count). The normalized spacial score (nSPS) is 12.6. The fourth-order valence-electron chi connectivity index (χ4n) is 1.59. The molecule has 1 atom stereocenters. The number of alkyl halides is 3. The van der Waals surface area contributed by atoms with Crippen LogP contribution in [0.1, 0.15) is 30.9 Å². The number of nitrogens with zero attached hydrogens (tertiary/aromatic N) is 1. The molecule has 108 valence electrons. The molecule has 0 fully saturated rings. The second-order valence-corrected chi connectivity index (χ2v) is 4.25. The Morgan fingerprint density at radius 2 is 2.15 bits per heavy atom. The van der Waals surface area contributed by atoms with Gasteiger partial charge in [-0.05, 0) is 24.6 Å². The van der Waals surface area contributed by atoms with E-state index in [4.69, 9.17) is 11.0 Å². The predicted molar refractivity (Wildman–Crippen MR) is 67.7 cm³/mol. The Hall–Kier alpha value is -2.07. The average Bonchev–Trinajstić information content (AvgIpc) is 2.38. The molecule has 0 bridgehead atoms. The zero-order valence-corrected chi connectivity index (χ0v) is 10.8. The van der Waals surface area contributed by atoms with E-state index < -0.39 is 23.7 Å². The number of benzene rings is 1. The van der Waals surface area contributed by atoms with Crippen LogP contribution in [0.4, 0.5) is 18.9 Å². The predicted octanol–water partition coefficient (Wildman–Crippen LogP) is 2.64. The van der Waals surface area contributed by atoms with E-state index in [-0.39, 0.29) is 11.3 Å². The third-order valence-corrected chi connectivity index (χ3v) is 2.66. The first-order chi connectivity index (χ1) is 9.29. The summed E-state index contributed by atoms with van der Waals surface area (Å²) in [5, 5.41) is 11.2. The number of halogens is 3.